The summed E-state index contributed by atoms with van der Waals surface area (Å²) in [6.07, 6.45) is 5.57. The van der Waals surface area contributed by atoms with Crippen molar-refractivity contribution in [1.82, 2.24) is 4.57 Å². The summed E-state index contributed by atoms with van der Waals surface area (Å²) >= 11 is 1.41. The smallest absolute Gasteiger partial charge is 0.279 e. The molecule has 36 heavy (non-hydrogen) atoms. The van der Waals surface area contributed by atoms with Crippen LogP contribution in [-0.4, -0.2) is 26.0 Å². The van der Waals surface area contributed by atoms with Crippen LogP contribution in [0.3, 0.4) is 0 Å². The van der Waals surface area contributed by atoms with E-state index in [9.17, 15) is 13.2 Å². The summed E-state index contributed by atoms with van der Waals surface area (Å²) in [5, 5.41) is 0. The van der Waals surface area contributed by atoms with Crippen molar-refractivity contribution in [3.63, 3.8) is 0 Å². The maximum Gasteiger partial charge on any atom is 0.279 e. The molecule has 0 spiro atoms. The Morgan fingerprint density at radius 1 is 1.11 bits per heavy atom. The summed E-state index contributed by atoms with van der Waals surface area (Å²) in [6, 6.07) is 18.3. The molecule has 1 heterocycles. The normalized spacial score (nSPS) is 12.0. The van der Waals surface area contributed by atoms with Crippen molar-refractivity contribution in [3.05, 3.63) is 82.7 Å². The molecule has 1 N–H and O–H groups in total. The number of aromatic nitrogens is 1. The average molecular weight is 520 g/mol. The Balaban J connectivity index is 1.59. The SMILES string of the molecule is C#CCn1c(=NC(=O)c2ccc(NS(=O)(=O)c3ccc(OC)cc3)cc2)sc2cc(C(C)C)ccc21. The fraction of sp³-hybridized carbons (Fsp3) is 0.185. The van der Waals surface area contributed by atoms with Crippen LogP contribution in [-0.2, 0) is 16.6 Å². The first-order chi connectivity index (χ1) is 17.2. The molecule has 0 aliphatic rings. The van der Waals surface area contributed by atoms with Gasteiger partial charge >= 0.3 is 0 Å². The Labute approximate surface area is 214 Å². The van der Waals surface area contributed by atoms with Crippen LogP contribution < -0.4 is 14.3 Å². The molecule has 0 aliphatic carbocycles. The Bertz CT molecular complexity index is 1620. The number of anilines is 1. The Morgan fingerprint density at radius 3 is 2.42 bits per heavy atom. The number of thiazole rings is 1. The molecule has 0 unspecified atom stereocenters. The van der Waals surface area contributed by atoms with E-state index in [-0.39, 0.29) is 4.90 Å². The topological polar surface area (TPSA) is 89.8 Å². The van der Waals surface area contributed by atoms with Crippen LogP contribution in [0.2, 0.25) is 0 Å². The molecule has 4 rings (SSSR count). The van der Waals surface area contributed by atoms with Gasteiger partial charge in [-0.25, -0.2) is 8.42 Å². The lowest BCUT2D eigenvalue weighted by Crippen LogP contribution is -2.16. The van der Waals surface area contributed by atoms with Crippen LogP contribution in [0.5, 0.6) is 5.75 Å². The summed E-state index contributed by atoms with van der Waals surface area (Å²) < 4.78 is 35.7. The maximum absolute atomic E-state index is 12.9. The number of nitrogens with one attached hydrogen (secondary N) is 1. The first-order valence-electron chi connectivity index (χ1n) is 11.1. The average Bonchev–Trinajstić information content (AvgIpc) is 3.20. The van der Waals surface area contributed by atoms with Crippen LogP contribution in [0.1, 0.15) is 35.7 Å². The van der Waals surface area contributed by atoms with Gasteiger partial charge in [-0.2, -0.15) is 4.99 Å². The summed E-state index contributed by atoms with van der Waals surface area (Å²) in [6.45, 7) is 4.54. The molecule has 4 aromatic rings. The molecular weight excluding hydrogens is 494 g/mol. The first-order valence-corrected chi connectivity index (χ1v) is 13.4. The molecule has 0 radical (unpaired) electrons. The number of ether oxygens (including phenoxy) is 1. The van der Waals surface area contributed by atoms with Crippen LogP contribution in [0.15, 0.2) is 76.6 Å². The van der Waals surface area contributed by atoms with Gasteiger partial charge in [-0.1, -0.05) is 37.2 Å². The van der Waals surface area contributed by atoms with Gasteiger partial charge < -0.3 is 9.30 Å². The fourth-order valence-corrected chi connectivity index (χ4v) is 5.71. The van der Waals surface area contributed by atoms with E-state index in [1.807, 2.05) is 10.6 Å². The number of hydrogen-bond donors (Lipinski definition) is 1. The van der Waals surface area contributed by atoms with Gasteiger partial charge in [0.15, 0.2) is 4.80 Å². The van der Waals surface area contributed by atoms with Gasteiger partial charge in [0.2, 0.25) is 0 Å². The molecule has 0 saturated heterocycles. The van der Waals surface area contributed by atoms with E-state index in [0.29, 0.717) is 34.3 Å². The largest absolute Gasteiger partial charge is 0.497 e. The first kappa shape index (κ1) is 25.2. The number of sulfonamides is 1. The number of benzene rings is 3. The number of methoxy groups -OCH3 is 1. The van der Waals surface area contributed by atoms with Gasteiger partial charge in [0.05, 0.1) is 28.8 Å². The molecule has 184 valence electrons. The van der Waals surface area contributed by atoms with Gasteiger partial charge in [0, 0.05) is 11.3 Å². The third-order valence-corrected chi connectivity index (χ3v) is 8.01. The molecule has 0 aliphatic heterocycles. The number of nitrogens with zero attached hydrogens (tertiary/aromatic N) is 2. The van der Waals surface area contributed by atoms with E-state index in [1.54, 1.807) is 12.1 Å². The molecule has 0 bridgehead atoms. The Hall–Kier alpha value is -3.87. The number of terminal acetylenes is 1. The quantitative estimate of drug-likeness (QED) is 0.348. The van der Waals surface area contributed by atoms with E-state index in [0.717, 1.165) is 10.2 Å². The zero-order chi connectivity index (χ0) is 25.9. The molecule has 9 heteroatoms. The van der Waals surface area contributed by atoms with Crippen LogP contribution in [0, 0.1) is 12.3 Å². The van der Waals surface area contributed by atoms with E-state index in [1.165, 1.54) is 60.4 Å². The molecule has 0 fully saturated rings. The second-order valence-corrected chi connectivity index (χ2v) is 11.0. The molecule has 0 atom stereocenters. The van der Waals surface area contributed by atoms with Gasteiger partial charge in [-0.15, -0.1) is 6.42 Å². The van der Waals surface area contributed by atoms with Crippen molar-refractivity contribution in [2.45, 2.75) is 31.2 Å². The third-order valence-electron chi connectivity index (χ3n) is 5.57. The molecule has 3 aromatic carbocycles. The van der Waals surface area contributed by atoms with E-state index in [4.69, 9.17) is 11.2 Å². The number of carbonyl (C=O) groups is 1. The number of rotatable bonds is 7. The number of carbonyl (C=O) groups excluding carboxylic acids is 1. The number of amides is 1. The predicted octanol–water partition coefficient (Wildman–Crippen LogP) is 5.01. The highest BCUT2D eigenvalue weighted by Gasteiger charge is 2.15. The molecule has 1 amide bonds. The van der Waals surface area contributed by atoms with E-state index < -0.39 is 15.9 Å². The van der Waals surface area contributed by atoms with E-state index >= 15 is 0 Å². The second-order valence-electron chi connectivity index (χ2n) is 8.33. The highest BCUT2D eigenvalue weighted by Crippen LogP contribution is 2.24. The zero-order valence-corrected chi connectivity index (χ0v) is 21.7. The monoisotopic (exact) mass is 519 g/mol. The third kappa shape index (κ3) is 5.35. The Kier molecular flexibility index (Phi) is 7.29. The lowest BCUT2D eigenvalue weighted by Gasteiger charge is -2.09. The summed E-state index contributed by atoms with van der Waals surface area (Å²) in [7, 11) is -2.28. The minimum atomic E-state index is -3.79. The minimum absolute atomic E-state index is 0.0990. The summed E-state index contributed by atoms with van der Waals surface area (Å²) in [5.74, 6) is 3.12. The van der Waals surface area contributed by atoms with E-state index in [2.05, 4.69) is 41.6 Å². The lowest BCUT2D eigenvalue weighted by molar-refractivity contribution is 0.0998. The van der Waals surface area contributed by atoms with Gasteiger partial charge in [0.25, 0.3) is 15.9 Å². The van der Waals surface area contributed by atoms with Crippen molar-refractivity contribution >= 4 is 43.2 Å². The van der Waals surface area contributed by atoms with Crippen molar-refractivity contribution in [1.29, 1.82) is 0 Å². The van der Waals surface area contributed by atoms with Crippen LogP contribution in [0.4, 0.5) is 5.69 Å². The standard InChI is InChI=1S/C27H25N3O4S2/c1-5-16-30-24-15-8-20(18(2)3)17-25(24)35-27(30)28-26(31)19-6-9-21(10-7-19)29-36(32,33)23-13-11-22(34-4)12-14-23/h1,6-15,17-18,29H,16H2,2-4H3. The van der Waals surface area contributed by atoms with Gasteiger partial charge in [-0.05, 0) is 72.1 Å². The molecule has 0 saturated carbocycles. The van der Waals surface area contributed by atoms with Crippen molar-refractivity contribution in [2.75, 3.05) is 11.8 Å². The molecule has 7 nitrogen and oxygen atoms in total. The highest BCUT2D eigenvalue weighted by atomic mass is 32.2. The number of hydrogen-bond acceptors (Lipinski definition) is 5. The summed E-state index contributed by atoms with van der Waals surface area (Å²) in [4.78, 5) is 17.9. The van der Waals surface area contributed by atoms with Crippen LogP contribution in [0.25, 0.3) is 10.2 Å². The highest BCUT2D eigenvalue weighted by molar-refractivity contribution is 7.92. The summed E-state index contributed by atoms with van der Waals surface area (Å²) in [5.41, 5.74) is 2.78. The zero-order valence-electron chi connectivity index (χ0n) is 20.1. The molecular formula is C27H25N3O4S2. The van der Waals surface area contributed by atoms with Crippen molar-refractivity contribution in [2.24, 2.45) is 4.99 Å². The molecule has 1 aromatic heterocycles. The van der Waals surface area contributed by atoms with Crippen molar-refractivity contribution < 1.29 is 17.9 Å². The Morgan fingerprint density at radius 2 is 1.81 bits per heavy atom. The second kappa shape index (κ2) is 10.4. The van der Waals surface area contributed by atoms with Gasteiger partial charge in [-0.3, -0.25) is 9.52 Å². The maximum atomic E-state index is 12.9. The predicted molar refractivity (Wildman–Crippen MR) is 143 cm³/mol. The number of fused-ring (bicyclic) bond motifs is 1. The fourth-order valence-electron chi connectivity index (χ4n) is 3.58. The van der Waals surface area contributed by atoms with Gasteiger partial charge in [0.1, 0.15) is 5.75 Å². The minimum Gasteiger partial charge on any atom is -0.497 e. The van der Waals surface area contributed by atoms with Crippen LogP contribution >= 0.6 is 11.3 Å². The lowest BCUT2D eigenvalue weighted by atomic mass is 10.0. The van der Waals surface area contributed by atoms with Crippen molar-refractivity contribution in [3.8, 4) is 18.1 Å².